The van der Waals surface area contributed by atoms with Crippen molar-refractivity contribution in [2.24, 2.45) is 56.2 Å². The van der Waals surface area contributed by atoms with E-state index in [1.54, 1.807) is 0 Å². The molecule has 14 atom stereocenters. The van der Waals surface area contributed by atoms with E-state index in [4.69, 9.17) is 14.2 Å². The molecule has 48 heavy (non-hydrogen) atoms. The lowest BCUT2D eigenvalue weighted by Gasteiger charge is -2.71. The van der Waals surface area contributed by atoms with E-state index in [-0.39, 0.29) is 51.4 Å². The lowest BCUT2D eigenvalue weighted by atomic mass is 9.33. The fourth-order valence-corrected chi connectivity index (χ4v) is 13.1. The Labute approximate surface area is 287 Å². The number of aliphatic hydroxyl groups is 4. The first kappa shape index (κ1) is 36.3. The lowest BCUT2D eigenvalue weighted by molar-refractivity contribution is -0.308. The van der Waals surface area contributed by atoms with E-state index in [0.717, 1.165) is 57.8 Å². The lowest BCUT2D eigenvalue weighted by Crippen LogP contribution is -2.67. The molecule has 5 aliphatic carbocycles. The summed E-state index contributed by atoms with van der Waals surface area (Å²) >= 11 is 0. The molecule has 0 aromatic heterocycles. The van der Waals surface area contributed by atoms with Crippen LogP contribution in [0.25, 0.3) is 0 Å². The van der Waals surface area contributed by atoms with E-state index in [1.165, 1.54) is 5.57 Å². The fourth-order valence-electron chi connectivity index (χ4n) is 13.1. The number of hydrogen-bond donors (Lipinski definition) is 4. The first-order valence-electron chi connectivity index (χ1n) is 18.7. The quantitative estimate of drug-likeness (QED) is 0.168. The number of carbonyl (C=O) groups excluding carboxylic acids is 2. The molecular formula is C39H62O9. The number of carbonyl (C=O) groups is 2. The Kier molecular flexibility index (Phi) is 9.09. The van der Waals surface area contributed by atoms with Crippen molar-refractivity contribution in [2.45, 2.75) is 156 Å². The minimum absolute atomic E-state index is 0.00415. The van der Waals surface area contributed by atoms with Gasteiger partial charge in [0.2, 0.25) is 6.29 Å². The van der Waals surface area contributed by atoms with Crippen LogP contribution >= 0.6 is 0 Å². The van der Waals surface area contributed by atoms with Gasteiger partial charge in [0.05, 0.1) is 18.1 Å². The summed E-state index contributed by atoms with van der Waals surface area (Å²) in [5.41, 5.74) is 0.954. The highest BCUT2D eigenvalue weighted by molar-refractivity contribution is 5.78. The molecule has 4 saturated carbocycles. The third kappa shape index (κ3) is 5.02. The van der Waals surface area contributed by atoms with Crippen LogP contribution in [-0.4, -0.2) is 76.3 Å². The van der Waals surface area contributed by atoms with Crippen molar-refractivity contribution in [3.63, 3.8) is 0 Å². The number of allylic oxidation sites excluding steroid dienone is 2. The average molecular weight is 675 g/mol. The molecule has 1 aliphatic heterocycles. The van der Waals surface area contributed by atoms with Gasteiger partial charge in [0.1, 0.15) is 24.4 Å². The van der Waals surface area contributed by atoms with Gasteiger partial charge in [0.25, 0.3) is 6.47 Å². The van der Waals surface area contributed by atoms with Crippen LogP contribution in [-0.2, 0) is 23.8 Å². The minimum atomic E-state index is -1.62. The van der Waals surface area contributed by atoms with Gasteiger partial charge in [-0.1, -0.05) is 60.1 Å². The number of hydrogen-bond acceptors (Lipinski definition) is 9. The summed E-state index contributed by atoms with van der Waals surface area (Å²) in [5.74, 6) is 0.693. The van der Waals surface area contributed by atoms with E-state index >= 15 is 0 Å². The molecule has 0 aromatic rings. The summed E-state index contributed by atoms with van der Waals surface area (Å²) in [4.78, 5) is 24.8. The summed E-state index contributed by atoms with van der Waals surface area (Å²) in [6.45, 7) is 19.2. The summed E-state index contributed by atoms with van der Waals surface area (Å²) in [5, 5.41) is 43.6. The van der Waals surface area contributed by atoms with Gasteiger partial charge in [-0.3, -0.25) is 9.59 Å². The van der Waals surface area contributed by atoms with E-state index in [9.17, 15) is 30.0 Å². The summed E-state index contributed by atoms with van der Waals surface area (Å²) in [6.07, 6.45) is 3.48. The Morgan fingerprint density at radius 2 is 1.62 bits per heavy atom. The summed E-state index contributed by atoms with van der Waals surface area (Å²) in [7, 11) is 0. The van der Waals surface area contributed by atoms with Crippen LogP contribution in [0.2, 0.25) is 0 Å². The zero-order valence-corrected chi connectivity index (χ0v) is 30.5. The molecule has 9 heteroatoms. The Hall–Kier alpha value is -1.52. The highest BCUT2D eigenvalue weighted by Crippen LogP contribution is 2.76. The normalized spacial score (nSPS) is 49.9. The van der Waals surface area contributed by atoms with Crippen LogP contribution in [0.4, 0.5) is 0 Å². The van der Waals surface area contributed by atoms with Crippen LogP contribution in [0, 0.1) is 56.2 Å². The second-order valence-corrected chi connectivity index (χ2v) is 18.7. The van der Waals surface area contributed by atoms with Gasteiger partial charge in [-0.2, -0.15) is 0 Å². The Balaban J connectivity index is 1.31. The van der Waals surface area contributed by atoms with Crippen LogP contribution in [0.3, 0.4) is 0 Å². The van der Waals surface area contributed by atoms with Crippen LogP contribution in [0.1, 0.15) is 120 Å². The first-order chi connectivity index (χ1) is 22.3. The number of fused-ring (bicyclic) bond motifs is 7. The molecule has 4 N–H and O–H groups in total. The Bertz CT molecular complexity index is 1290. The molecule has 272 valence electrons. The number of esters is 1. The summed E-state index contributed by atoms with van der Waals surface area (Å²) in [6, 6.07) is 0. The van der Waals surface area contributed by atoms with Gasteiger partial charge in [-0.05, 0) is 122 Å². The topological polar surface area (TPSA) is 143 Å². The molecule has 0 aromatic carbocycles. The van der Waals surface area contributed by atoms with Gasteiger partial charge in [-0.25, -0.2) is 0 Å². The molecule has 6 rings (SSSR count). The largest absolute Gasteiger partial charge is 0.466 e. The van der Waals surface area contributed by atoms with Gasteiger partial charge in [-0.15, -0.1) is 0 Å². The zero-order valence-electron chi connectivity index (χ0n) is 30.5. The van der Waals surface area contributed by atoms with Gasteiger partial charge < -0.3 is 34.6 Å². The first-order valence-corrected chi connectivity index (χ1v) is 18.7. The maximum atomic E-state index is 13.8. The molecule has 9 nitrogen and oxygen atoms in total. The molecule has 0 bridgehead atoms. The van der Waals surface area contributed by atoms with Crippen molar-refractivity contribution in [1.29, 1.82) is 0 Å². The fraction of sp³-hybridized carbons (Fsp3) is 0.897. The third-order valence-electron chi connectivity index (χ3n) is 16.0. The van der Waals surface area contributed by atoms with E-state index in [1.807, 2.05) is 6.92 Å². The molecule has 0 amide bonds. The predicted octanol–water partition coefficient (Wildman–Crippen LogP) is 5.31. The maximum Gasteiger partial charge on any atom is 0.312 e. The van der Waals surface area contributed by atoms with Crippen LogP contribution in [0.5, 0.6) is 0 Å². The molecular weight excluding hydrogens is 612 g/mol. The van der Waals surface area contributed by atoms with Crippen molar-refractivity contribution in [1.82, 2.24) is 0 Å². The van der Waals surface area contributed by atoms with Gasteiger partial charge >= 0.3 is 5.97 Å². The molecule has 5 unspecified atom stereocenters. The molecule has 1 heterocycles. The van der Waals surface area contributed by atoms with E-state index in [0.29, 0.717) is 24.9 Å². The second-order valence-electron chi connectivity index (χ2n) is 18.7. The molecule has 0 radical (unpaired) electrons. The highest BCUT2D eigenvalue weighted by atomic mass is 16.7. The van der Waals surface area contributed by atoms with Crippen molar-refractivity contribution in [2.75, 3.05) is 6.61 Å². The highest BCUT2D eigenvalue weighted by Gasteiger charge is 2.70. The third-order valence-corrected chi connectivity index (χ3v) is 16.0. The standard InChI is InChI=1S/C39H62O9/c1-9-46-33(45)39-18-16-34(2,3)20-24(39)22-10-11-26-36(6)14-12-23(27(41)31-29(43)28(42)30(44)32(48-31)47-21-40)35(4,5)25(36)13-15-38(26,8)37(22,7)17-19-39/h10,21,23-32,41-44H,9,11-20H2,1-8H3/t23-,24?,25?,26?,27+,28-,29?,30+,31+,32?,36+,37-,38-,39+/m1/s1. The Morgan fingerprint density at radius 1 is 0.938 bits per heavy atom. The molecule has 5 fully saturated rings. The molecule has 0 spiro atoms. The minimum Gasteiger partial charge on any atom is -0.466 e. The maximum absolute atomic E-state index is 13.8. The Morgan fingerprint density at radius 3 is 2.29 bits per heavy atom. The number of rotatable bonds is 6. The number of aliphatic hydroxyl groups excluding tert-OH is 4. The van der Waals surface area contributed by atoms with Crippen LogP contribution < -0.4 is 0 Å². The van der Waals surface area contributed by atoms with Gasteiger partial charge in [0, 0.05) is 0 Å². The zero-order chi connectivity index (χ0) is 35.2. The van der Waals surface area contributed by atoms with Crippen molar-refractivity contribution in [3.8, 4) is 0 Å². The molecule has 6 aliphatic rings. The predicted molar refractivity (Wildman–Crippen MR) is 179 cm³/mol. The van der Waals surface area contributed by atoms with E-state index < -0.39 is 42.2 Å². The SMILES string of the molecule is CCOC(=O)[C@]12CCC(C)(C)CC1C1=CCC3[C@@]4(C)CC[C@H]([C@H](O)[C@@H]5OC(OC=O)[C@@H](O)[C@H](O)C5O)C(C)(C)C4CC[C@@]3(C)[C@]1(C)CC2. The van der Waals surface area contributed by atoms with Crippen molar-refractivity contribution < 1.29 is 44.2 Å². The van der Waals surface area contributed by atoms with E-state index in [2.05, 4.69) is 54.5 Å². The smallest absolute Gasteiger partial charge is 0.312 e. The van der Waals surface area contributed by atoms with Crippen LogP contribution in [0.15, 0.2) is 11.6 Å². The van der Waals surface area contributed by atoms with Crippen molar-refractivity contribution >= 4 is 12.4 Å². The average Bonchev–Trinajstić information content (AvgIpc) is 3.01. The number of ether oxygens (including phenoxy) is 3. The molecule has 1 saturated heterocycles. The second kappa shape index (κ2) is 12.0. The van der Waals surface area contributed by atoms with Gasteiger partial charge in [0.15, 0.2) is 0 Å². The van der Waals surface area contributed by atoms with Crippen molar-refractivity contribution in [3.05, 3.63) is 11.6 Å². The monoisotopic (exact) mass is 674 g/mol. The summed E-state index contributed by atoms with van der Waals surface area (Å²) < 4.78 is 16.4.